The summed E-state index contributed by atoms with van der Waals surface area (Å²) in [6.07, 6.45) is 6.71. The molecule has 0 saturated carbocycles. The molecule has 0 bridgehead atoms. The molecule has 0 unspecified atom stereocenters. The van der Waals surface area contributed by atoms with E-state index in [9.17, 15) is 0 Å². The Bertz CT molecular complexity index is 252. The number of rotatable bonds is 3. The average Bonchev–Trinajstić information content (AvgIpc) is 2.15. The van der Waals surface area contributed by atoms with Gasteiger partial charge in [-0.1, -0.05) is 12.1 Å². The van der Waals surface area contributed by atoms with E-state index < -0.39 is 0 Å². The molecule has 1 heterocycles. The highest BCUT2D eigenvalue weighted by molar-refractivity contribution is 5.62. The van der Waals surface area contributed by atoms with Gasteiger partial charge in [0.25, 0.3) is 0 Å². The molecule has 0 aromatic carbocycles. The molecular formula is C10H14N2. The molecule has 2 nitrogen and oxygen atoms in total. The number of nitrogens with two attached hydrogens (primary N) is 1. The van der Waals surface area contributed by atoms with Crippen molar-refractivity contribution in [2.45, 2.75) is 13.3 Å². The number of hydrogen-bond acceptors (Lipinski definition) is 2. The van der Waals surface area contributed by atoms with Crippen molar-refractivity contribution in [1.29, 1.82) is 0 Å². The zero-order valence-corrected chi connectivity index (χ0v) is 7.33. The highest BCUT2D eigenvalue weighted by atomic mass is 14.6. The van der Waals surface area contributed by atoms with Crippen molar-refractivity contribution in [3.05, 3.63) is 36.2 Å². The third-order valence-electron chi connectivity index (χ3n) is 1.73. The Kier molecular flexibility index (Phi) is 3.48. The van der Waals surface area contributed by atoms with Crippen LogP contribution in [0.2, 0.25) is 0 Å². The number of allylic oxidation sites excluding steroid dienone is 1. The first kappa shape index (κ1) is 8.94. The fourth-order valence-corrected chi connectivity index (χ4v) is 1.01. The van der Waals surface area contributed by atoms with Gasteiger partial charge in [0.15, 0.2) is 0 Å². The smallest absolute Gasteiger partial charge is 0.0342 e. The van der Waals surface area contributed by atoms with Crippen molar-refractivity contribution < 1.29 is 0 Å². The number of pyridine rings is 1. The lowest BCUT2D eigenvalue weighted by molar-refractivity contribution is 1.01. The quantitative estimate of drug-likeness (QED) is 0.736. The van der Waals surface area contributed by atoms with Crippen LogP contribution >= 0.6 is 0 Å². The molecule has 0 saturated heterocycles. The molecule has 12 heavy (non-hydrogen) atoms. The van der Waals surface area contributed by atoms with E-state index in [2.05, 4.69) is 24.1 Å². The summed E-state index contributed by atoms with van der Waals surface area (Å²) in [4.78, 5) is 4.04. The van der Waals surface area contributed by atoms with Gasteiger partial charge in [-0.2, -0.15) is 0 Å². The summed E-state index contributed by atoms with van der Waals surface area (Å²) in [5.41, 5.74) is 7.81. The maximum absolute atomic E-state index is 5.39. The average molecular weight is 162 g/mol. The van der Waals surface area contributed by atoms with E-state index in [0.717, 1.165) is 6.42 Å². The van der Waals surface area contributed by atoms with Gasteiger partial charge in [0.2, 0.25) is 0 Å². The highest BCUT2D eigenvalue weighted by Gasteiger charge is 1.92. The summed E-state index contributed by atoms with van der Waals surface area (Å²) in [5, 5.41) is 0. The van der Waals surface area contributed by atoms with E-state index in [-0.39, 0.29) is 0 Å². The molecule has 0 fully saturated rings. The minimum Gasteiger partial charge on any atom is -0.330 e. The molecule has 1 aromatic rings. The fourth-order valence-electron chi connectivity index (χ4n) is 1.01. The monoisotopic (exact) mass is 162 g/mol. The summed E-state index contributed by atoms with van der Waals surface area (Å²) in [5.74, 6) is 0. The van der Waals surface area contributed by atoms with Crippen molar-refractivity contribution >= 4 is 5.57 Å². The minimum absolute atomic E-state index is 0.706. The Balaban J connectivity index is 2.71. The predicted molar refractivity (Wildman–Crippen MR) is 51.6 cm³/mol. The summed E-state index contributed by atoms with van der Waals surface area (Å²) in [6, 6.07) is 3.99. The van der Waals surface area contributed by atoms with Gasteiger partial charge in [-0.25, -0.2) is 0 Å². The predicted octanol–water partition coefficient (Wildman–Crippen LogP) is 1.83. The second-order valence-corrected chi connectivity index (χ2v) is 2.71. The zero-order valence-electron chi connectivity index (χ0n) is 7.33. The first-order chi connectivity index (χ1) is 5.84. The van der Waals surface area contributed by atoms with E-state index in [0.29, 0.717) is 6.54 Å². The SMILES string of the molecule is CC(=CCCN)c1cccnc1. The van der Waals surface area contributed by atoms with Crippen LogP contribution in [0.4, 0.5) is 0 Å². The lowest BCUT2D eigenvalue weighted by atomic mass is 10.1. The normalized spacial score (nSPS) is 11.7. The number of aromatic nitrogens is 1. The molecule has 0 atom stereocenters. The van der Waals surface area contributed by atoms with Crippen LogP contribution in [0.1, 0.15) is 18.9 Å². The minimum atomic E-state index is 0.706. The third-order valence-corrected chi connectivity index (χ3v) is 1.73. The number of hydrogen-bond donors (Lipinski definition) is 1. The maximum atomic E-state index is 5.39. The highest BCUT2D eigenvalue weighted by Crippen LogP contribution is 2.11. The maximum Gasteiger partial charge on any atom is 0.0342 e. The Morgan fingerprint density at radius 3 is 3.08 bits per heavy atom. The van der Waals surface area contributed by atoms with Crippen LogP contribution < -0.4 is 5.73 Å². The van der Waals surface area contributed by atoms with Gasteiger partial charge in [-0.05, 0) is 37.1 Å². The van der Waals surface area contributed by atoms with Crippen molar-refractivity contribution in [3.63, 3.8) is 0 Å². The second-order valence-electron chi connectivity index (χ2n) is 2.71. The van der Waals surface area contributed by atoms with Gasteiger partial charge < -0.3 is 5.73 Å². The van der Waals surface area contributed by atoms with E-state index in [1.807, 2.05) is 12.3 Å². The van der Waals surface area contributed by atoms with Crippen molar-refractivity contribution in [2.75, 3.05) is 6.54 Å². The molecule has 0 aliphatic carbocycles. The van der Waals surface area contributed by atoms with Crippen LogP contribution in [0.5, 0.6) is 0 Å². The third kappa shape index (κ3) is 2.47. The van der Waals surface area contributed by atoms with Gasteiger partial charge in [-0.3, -0.25) is 4.98 Å². The molecule has 1 rings (SSSR count). The van der Waals surface area contributed by atoms with Crippen LogP contribution in [0, 0.1) is 0 Å². The first-order valence-corrected chi connectivity index (χ1v) is 4.12. The van der Waals surface area contributed by atoms with Crippen molar-refractivity contribution in [2.24, 2.45) is 5.73 Å². The largest absolute Gasteiger partial charge is 0.330 e. The summed E-state index contributed by atoms with van der Waals surface area (Å²) >= 11 is 0. The zero-order chi connectivity index (χ0) is 8.81. The molecule has 0 amide bonds. The van der Waals surface area contributed by atoms with Crippen LogP contribution in [0.15, 0.2) is 30.6 Å². The van der Waals surface area contributed by atoms with Crippen molar-refractivity contribution in [3.8, 4) is 0 Å². The van der Waals surface area contributed by atoms with Crippen LogP contribution in [-0.4, -0.2) is 11.5 Å². The standard InChI is InChI=1S/C10H14N2/c1-9(4-2-6-11)10-5-3-7-12-8-10/h3-5,7-8H,2,6,11H2,1H3. The second kappa shape index (κ2) is 4.67. The van der Waals surface area contributed by atoms with Gasteiger partial charge in [0.05, 0.1) is 0 Å². The van der Waals surface area contributed by atoms with Crippen LogP contribution in [-0.2, 0) is 0 Å². The summed E-state index contributed by atoms with van der Waals surface area (Å²) < 4.78 is 0. The first-order valence-electron chi connectivity index (χ1n) is 4.12. The lowest BCUT2D eigenvalue weighted by Crippen LogP contribution is -1.95. The Morgan fingerprint density at radius 1 is 1.67 bits per heavy atom. The Morgan fingerprint density at radius 2 is 2.50 bits per heavy atom. The van der Waals surface area contributed by atoms with E-state index in [1.165, 1.54) is 11.1 Å². The van der Waals surface area contributed by atoms with E-state index >= 15 is 0 Å². The molecule has 0 aliphatic rings. The lowest BCUT2D eigenvalue weighted by Gasteiger charge is -1.98. The van der Waals surface area contributed by atoms with E-state index in [4.69, 9.17) is 5.73 Å². The molecule has 64 valence electrons. The molecular weight excluding hydrogens is 148 g/mol. The molecule has 2 heteroatoms. The molecule has 2 N–H and O–H groups in total. The van der Waals surface area contributed by atoms with Gasteiger partial charge in [0, 0.05) is 12.4 Å². The molecule has 1 aromatic heterocycles. The Labute approximate surface area is 73.1 Å². The summed E-state index contributed by atoms with van der Waals surface area (Å²) in [6.45, 7) is 2.78. The van der Waals surface area contributed by atoms with Crippen LogP contribution in [0.25, 0.3) is 5.57 Å². The van der Waals surface area contributed by atoms with E-state index in [1.54, 1.807) is 6.20 Å². The number of nitrogens with zero attached hydrogens (tertiary/aromatic N) is 1. The fraction of sp³-hybridized carbons (Fsp3) is 0.300. The molecule has 0 radical (unpaired) electrons. The van der Waals surface area contributed by atoms with Crippen molar-refractivity contribution in [1.82, 2.24) is 4.98 Å². The van der Waals surface area contributed by atoms with Gasteiger partial charge in [-0.15, -0.1) is 0 Å². The van der Waals surface area contributed by atoms with Crippen LogP contribution in [0.3, 0.4) is 0 Å². The Hall–Kier alpha value is -1.15. The summed E-state index contributed by atoms with van der Waals surface area (Å²) in [7, 11) is 0. The topological polar surface area (TPSA) is 38.9 Å². The van der Waals surface area contributed by atoms with Gasteiger partial charge >= 0.3 is 0 Å². The molecule has 0 aliphatic heterocycles. The molecule has 0 spiro atoms. The van der Waals surface area contributed by atoms with Gasteiger partial charge in [0.1, 0.15) is 0 Å².